The summed E-state index contributed by atoms with van der Waals surface area (Å²) in [6.07, 6.45) is 1.94. The molecule has 2 aliphatic heterocycles. The van der Waals surface area contributed by atoms with Crippen LogP contribution in [-0.4, -0.2) is 49.4 Å². The molecule has 3 aromatic rings. The van der Waals surface area contributed by atoms with Gasteiger partial charge in [0.2, 0.25) is 0 Å². The molecule has 2 amide bonds. The van der Waals surface area contributed by atoms with Gasteiger partial charge in [-0.3, -0.25) is 9.59 Å². The van der Waals surface area contributed by atoms with Crippen molar-refractivity contribution >= 4 is 41.0 Å². The number of carbonyl (C=O) groups excluding carboxylic acids is 2. The standard InChI is InChI=1S/C30H31N3O2S/c1-20-8-11-25(12-9-20)33-15-14-32(19-22(33)3)29(34)24-10-13-27-26(18-24)31(4)30(35)28(36-27)17-23-7-5-6-21(2)16-23/h5-13,16-18,22H,14-15,19H2,1-4H3/b28-17-/t22-/m0/s1. The van der Waals surface area contributed by atoms with E-state index in [1.54, 1.807) is 11.9 Å². The fraction of sp³-hybridized carbons (Fsp3) is 0.267. The van der Waals surface area contributed by atoms with E-state index in [1.165, 1.54) is 23.0 Å². The molecule has 1 atom stereocenters. The number of carbonyl (C=O) groups is 2. The summed E-state index contributed by atoms with van der Waals surface area (Å²) >= 11 is 1.46. The van der Waals surface area contributed by atoms with Crippen molar-refractivity contribution in [1.82, 2.24) is 4.90 Å². The molecule has 0 saturated carbocycles. The third-order valence-corrected chi connectivity index (χ3v) is 8.00. The predicted octanol–water partition coefficient (Wildman–Crippen LogP) is 5.76. The smallest absolute Gasteiger partial charge is 0.264 e. The van der Waals surface area contributed by atoms with Crippen LogP contribution in [0.15, 0.2) is 76.5 Å². The summed E-state index contributed by atoms with van der Waals surface area (Å²) < 4.78 is 0. The second-order valence-electron chi connectivity index (χ2n) is 9.70. The van der Waals surface area contributed by atoms with E-state index < -0.39 is 0 Å². The zero-order chi connectivity index (χ0) is 25.4. The first kappa shape index (κ1) is 24.2. The number of hydrogen-bond donors (Lipinski definition) is 0. The summed E-state index contributed by atoms with van der Waals surface area (Å²) in [5, 5.41) is 0. The van der Waals surface area contributed by atoms with Gasteiger partial charge in [0, 0.05) is 48.9 Å². The van der Waals surface area contributed by atoms with Crippen LogP contribution in [-0.2, 0) is 4.79 Å². The fourth-order valence-corrected chi connectivity index (χ4v) is 5.98. The highest BCUT2D eigenvalue weighted by Gasteiger charge is 2.30. The van der Waals surface area contributed by atoms with Crippen molar-refractivity contribution in [1.29, 1.82) is 0 Å². The Morgan fingerprint density at radius 1 is 0.972 bits per heavy atom. The van der Waals surface area contributed by atoms with Gasteiger partial charge in [0.25, 0.3) is 11.8 Å². The van der Waals surface area contributed by atoms with Crippen LogP contribution in [0.1, 0.15) is 34.0 Å². The van der Waals surface area contributed by atoms with E-state index in [0.717, 1.165) is 28.3 Å². The molecule has 5 rings (SSSR count). The number of anilines is 2. The Morgan fingerprint density at radius 2 is 1.75 bits per heavy atom. The lowest BCUT2D eigenvalue weighted by Crippen LogP contribution is -2.53. The minimum absolute atomic E-state index is 0.0140. The molecule has 6 heteroatoms. The topological polar surface area (TPSA) is 43.9 Å². The molecule has 2 aliphatic rings. The molecule has 0 aromatic heterocycles. The van der Waals surface area contributed by atoms with Gasteiger partial charge in [-0.1, -0.05) is 59.3 Å². The Bertz CT molecular complexity index is 1350. The number of rotatable bonds is 3. The van der Waals surface area contributed by atoms with Crippen LogP contribution in [0.4, 0.5) is 11.4 Å². The molecular formula is C30H31N3O2S. The van der Waals surface area contributed by atoms with Gasteiger partial charge in [-0.2, -0.15) is 0 Å². The van der Waals surface area contributed by atoms with Gasteiger partial charge in [0.15, 0.2) is 0 Å². The van der Waals surface area contributed by atoms with Crippen LogP contribution in [0.5, 0.6) is 0 Å². The molecule has 5 nitrogen and oxygen atoms in total. The van der Waals surface area contributed by atoms with Crippen molar-refractivity contribution in [2.45, 2.75) is 31.7 Å². The summed E-state index contributed by atoms with van der Waals surface area (Å²) in [4.78, 5) is 34.2. The van der Waals surface area contributed by atoms with Crippen molar-refractivity contribution in [2.75, 3.05) is 36.5 Å². The lowest BCUT2D eigenvalue weighted by molar-refractivity contribution is -0.114. The van der Waals surface area contributed by atoms with E-state index in [-0.39, 0.29) is 17.9 Å². The average molecular weight is 498 g/mol. The molecule has 184 valence electrons. The molecule has 0 aliphatic carbocycles. The van der Waals surface area contributed by atoms with Gasteiger partial charge in [0.05, 0.1) is 10.6 Å². The van der Waals surface area contributed by atoms with E-state index in [4.69, 9.17) is 0 Å². The Kier molecular flexibility index (Phi) is 6.63. The molecule has 1 saturated heterocycles. The molecule has 0 radical (unpaired) electrons. The average Bonchev–Trinajstić information content (AvgIpc) is 2.87. The van der Waals surface area contributed by atoms with Gasteiger partial charge in [-0.15, -0.1) is 0 Å². The molecule has 36 heavy (non-hydrogen) atoms. The zero-order valence-corrected chi connectivity index (χ0v) is 22.0. The van der Waals surface area contributed by atoms with Crippen LogP contribution < -0.4 is 9.80 Å². The van der Waals surface area contributed by atoms with Gasteiger partial charge >= 0.3 is 0 Å². The van der Waals surface area contributed by atoms with E-state index in [2.05, 4.69) is 49.1 Å². The second-order valence-corrected chi connectivity index (χ2v) is 10.8. The molecule has 0 bridgehead atoms. The molecule has 1 fully saturated rings. The first-order chi connectivity index (χ1) is 17.3. The highest BCUT2D eigenvalue weighted by molar-refractivity contribution is 8.04. The van der Waals surface area contributed by atoms with Crippen molar-refractivity contribution < 1.29 is 9.59 Å². The summed E-state index contributed by atoms with van der Waals surface area (Å²) in [7, 11) is 1.78. The number of piperazine rings is 1. The maximum absolute atomic E-state index is 13.4. The number of benzene rings is 3. The lowest BCUT2D eigenvalue weighted by Gasteiger charge is -2.41. The molecule has 0 N–H and O–H groups in total. The monoisotopic (exact) mass is 497 g/mol. The summed E-state index contributed by atoms with van der Waals surface area (Å²) in [6.45, 7) is 8.42. The minimum Gasteiger partial charge on any atom is -0.365 e. The normalized spacial score (nSPS) is 19.0. The largest absolute Gasteiger partial charge is 0.365 e. The number of nitrogens with zero attached hydrogens (tertiary/aromatic N) is 3. The molecular weight excluding hydrogens is 466 g/mol. The second kappa shape index (κ2) is 9.86. The first-order valence-corrected chi connectivity index (χ1v) is 13.1. The van der Waals surface area contributed by atoms with Crippen LogP contribution in [0, 0.1) is 13.8 Å². The molecule has 3 aromatic carbocycles. The van der Waals surface area contributed by atoms with Gasteiger partial charge in [-0.25, -0.2) is 0 Å². The SMILES string of the molecule is Cc1ccc(N2CCN(C(=O)c3ccc4c(c3)N(C)C(=O)/C(=C/c3cccc(C)c3)S4)C[C@@H]2C)cc1. The van der Waals surface area contributed by atoms with Gasteiger partial charge < -0.3 is 14.7 Å². The minimum atomic E-state index is -0.0565. The number of fused-ring (bicyclic) bond motifs is 1. The number of thioether (sulfide) groups is 1. The molecule has 2 heterocycles. The Morgan fingerprint density at radius 3 is 2.47 bits per heavy atom. The van der Waals surface area contributed by atoms with Crippen molar-refractivity contribution in [2.24, 2.45) is 0 Å². The van der Waals surface area contributed by atoms with Crippen LogP contribution in [0.2, 0.25) is 0 Å². The van der Waals surface area contributed by atoms with Crippen LogP contribution in [0.3, 0.4) is 0 Å². The number of aryl methyl sites for hydroxylation is 2. The van der Waals surface area contributed by atoms with E-state index in [9.17, 15) is 9.59 Å². The highest BCUT2D eigenvalue weighted by atomic mass is 32.2. The van der Waals surface area contributed by atoms with Crippen molar-refractivity contribution in [3.05, 3.63) is 93.9 Å². The molecule has 0 spiro atoms. The van der Waals surface area contributed by atoms with E-state index >= 15 is 0 Å². The van der Waals surface area contributed by atoms with E-state index in [1.807, 2.05) is 54.3 Å². The third-order valence-electron chi connectivity index (χ3n) is 6.92. The maximum Gasteiger partial charge on any atom is 0.264 e. The van der Waals surface area contributed by atoms with Crippen LogP contribution >= 0.6 is 11.8 Å². The highest BCUT2D eigenvalue weighted by Crippen LogP contribution is 2.42. The summed E-state index contributed by atoms with van der Waals surface area (Å²) in [6, 6.07) is 22.6. The fourth-order valence-electron chi connectivity index (χ4n) is 4.88. The zero-order valence-electron chi connectivity index (χ0n) is 21.2. The number of likely N-dealkylation sites (N-methyl/N-ethyl adjacent to an activating group) is 1. The Labute approximate surface area is 217 Å². The quantitative estimate of drug-likeness (QED) is 0.431. The number of hydrogen-bond acceptors (Lipinski definition) is 4. The predicted molar refractivity (Wildman–Crippen MR) is 149 cm³/mol. The van der Waals surface area contributed by atoms with Crippen LogP contribution in [0.25, 0.3) is 6.08 Å². The molecule has 0 unspecified atom stereocenters. The summed E-state index contributed by atoms with van der Waals surface area (Å²) in [5.41, 5.74) is 6.00. The maximum atomic E-state index is 13.4. The summed E-state index contributed by atoms with van der Waals surface area (Å²) in [5.74, 6) is -0.0425. The first-order valence-electron chi connectivity index (χ1n) is 12.3. The van der Waals surface area contributed by atoms with Gasteiger partial charge in [-0.05, 0) is 62.7 Å². The van der Waals surface area contributed by atoms with Crippen molar-refractivity contribution in [3.63, 3.8) is 0 Å². The van der Waals surface area contributed by atoms with E-state index in [0.29, 0.717) is 23.6 Å². The lowest BCUT2D eigenvalue weighted by atomic mass is 10.1. The Hall–Kier alpha value is -3.51. The number of amides is 2. The third kappa shape index (κ3) is 4.78. The van der Waals surface area contributed by atoms with Crippen molar-refractivity contribution in [3.8, 4) is 0 Å². The Balaban J connectivity index is 1.33. The van der Waals surface area contributed by atoms with Gasteiger partial charge in [0.1, 0.15) is 0 Å².